The average molecular weight is 519 g/mol. The Bertz CT molecular complexity index is 837. The van der Waals surface area contributed by atoms with Gasteiger partial charge < -0.3 is 19.5 Å². The number of carbonyl (C=O) groups excluding carboxylic acids is 3. The molecule has 0 heterocycles. The molecule has 0 radical (unpaired) electrons. The molecule has 0 aliphatic rings. The number of carbonyl (C=O) groups is 3. The van der Waals surface area contributed by atoms with Crippen molar-refractivity contribution in [1.29, 1.82) is 0 Å². The Balaban J connectivity index is 2.89. The van der Waals surface area contributed by atoms with Crippen LogP contribution in [0, 0.1) is 5.92 Å². The number of unbranched alkanes of at least 4 members (excludes halogenated alkanes) is 8. The van der Waals surface area contributed by atoms with Gasteiger partial charge in [0.25, 0.3) is 0 Å². The third kappa shape index (κ3) is 12.8. The highest BCUT2D eigenvalue weighted by Gasteiger charge is 2.32. The first-order valence-electron chi connectivity index (χ1n) is 13.7. The number of rotatable bonds is 18. The molecule has 2 amide bonds. The third-order valence-corrected chi connectivity index (χ3v) is 6.16. The molecule has 0 saturated carbocycles. The van der Waals surface area contributed by atoms with Gasteiger partial charge in [0.1, 0.15) is 11.8 Å². The molecule has 1 N–H and O–H groups in total. The van der Waals surface area contributed by atoms with Gasteiger partial charge in [0, 0.05) is 12.3 Å². The van der Waals surface area contributed by atoms with E-state index in [4.69, 9.17) is 14.2 Å². The van der Waals surface area contributed by atoms with E-state index in [2.05, 4.69) is 17.2 Å². The molecule has 1 aromatic carbocycles. The molecule has 1 rings (SSSR count). The summed E-state index contributed by atoms with van der Waals surface area (Å²) in [7, 11) is 1.56. The van der Waals surface area contributed by atoms with E-state index < -0.39 is 24.0 Å². The van der Waals surface area contributed by atoms with E-state index in [1.165, 1.54) is 38.5 Å². The van der Waals surface area contributed by atoms with Gasteiger partial charge in [-0.05, 0) is 50.1 Å². The molecule has 0 aromatic heterocycles. The maximum Gasteiger partial charge on any atom is 0.433 e. The highest BCUT2D eigenvalue weighted by molar-refractivity contribution is 6.09. The molecule has 0 spiro atoms. The second-order valence-electron chi connectivity index (χ2n) is 9.09. The molecule has 0 saturated heterocycles. The highest BCUT2D eigenvalue weighted by atomic mass is 16.5. The van der Waals surface area contributed by atoms with Crippen molar-refractivity contribution in [3.05, 3.63) is 29.8 Å². The second kappa shape index (κ2) is 19.2. The number of hydrogen-bond donors (Lipinski definition) is 1. The predicted octanol–water partition coefficient (Wildman–Crippen LogP) is 6.25. The van der Waals surface area contributed by atoms with Crippen LogP contribution >= 0.6 is 0 Å². The molecule has 8 heteroatoms. The van der Waals surface area contributed by atoms with E-state index in [1.807, 2.05) is 0 Å². The van der Waals surface area contributed by atoms with Gasteiger partial charge in [-0.25, -0.2) is 9.59 Å². The van der Waals surface area contributed by atoms with Gasteiger partial charge in [-0.3, -0.25) is 4.79 Å². The summed E-state index contributed by atoms with van der Waals surface area (Å²) in [5, 5.41) is 2.83. The van der Waals surface area contributed by atoms with Crippen molar-refractivity contribution in [2.45, 2.75) is 97.9 Å². The second-order valence-corrected chi connectivity index (χ2v) is 9.09. The highest BCUT2D eigenvalue weighted by Crippen LogP contribution is 2.20. The molecule has 1 aromatic rings. The summed E-state index contributed by atoms with van der Waals surface area (Å²) in [5.74, 6) is -0.800. The van der Waals surface area contributed by atoms with E-state index in [9.17, 15) is 14.4 Å². The molecule has 37 heavy (non-hydrogen) atoms. The fraction of sp³-hybridized carbons (Fsp3) is 0.655. The molecular formula is C29H46N2O6. The van der Waals surface area contributed by atoms with Crippen LogP contribution in [0.4, 0.5) is 4.79 Å². The number of esters is 1. The van der Waals surface area contributed by atoms with Crippen LogP contribution in [0.5, 0.6) is 5.75 Å². The number of methoxy groups -OCH3 is 1. The van der Waals surface area contributed by atoms with E-state index in [-0.39, 0.29) is 19.1 Å². The van der Waals surface area contributed by atoms with Gasteiger partial charge in [-0.1, -0.05) is 65.2 Å². The van der Waals surface area contributed by atoms with Crippen molar-refractivity contribution in [3.63, 3.8) is 0 Å². The predicted molar refractivity (Wildman–Crippen MR) is 146 cm³/mol. The van der Waals surface area contributed by atoms with Crippen molar-refractivity contribution < 1.29 is 28.6 Å². The summed E-state index contributed by atoms with van der Waals surface area (Å²) in [4.78, 5) is 42.0. The standard InChI is InChI=1S/C29H46N2O6/c1-6-9-10-11-12-13-14-15-16-17-25(32)30-27(28(33)36-7-2)22(4)26(31-29(34)37-8-3)23-18-20-24(35-5)21-19-23/h18-22,27H,6-17H2,1-5H3,(H,30,32)/b31-26-/t22-,27+/m0/s1. The van der Waals surface area contributed by atoms with Crippen molar-refractivity contribution in [3.8, 4) is 5.75 Å². The Morgan fingerprint density at radius 1 is 0.838 bits per heavy atom. The smallest absolute Gasteiger partial charge is 0.433 e. The normalized spacial score (nSPS) is 12.9. The van der Waals surface area contributed by atoms with E-state index in [1.54, 1.807) is 52.1 Å². The number of aliphatic imine (C=N–C) groups is 1. The van der Waals surface area contributed by atoms with Gasteiger partial charge in [-0.15, -0.1) is 0 Å². The first kappa shape index (κ1) is 32.1. The monoisotopic (exact) mass is 518 g/mol. The zero-order valence-electron chi connectivity index (χ0n) is 23.3. The number of nitrogens with one attached hydrogen (secondary N) is 1. The maximum absolute atomic E-state index is 12.9. The lowest BCUT2D eigenvalue weighted by Crippen LogP contribution is -2.48. The van der Waals surface area contributed by atoms with Crippen LogP contribution in [0.2, 0.25) is 0 Å². The van der Waals surface area contributed by atoms with Gasteiger partial charge in [-0.2, -0.15) is 4.99 Å². The average Bonchev–Trinajstić information content (AvgIpc) is 2.89. The van der Waals surface area contributed by atoms with Crippen molar-refractivity contribution >= 4 is 23.7 Å². The largest absolute Gasteiger partial charge is 0.497 e. The fourth-order valence-electron chi connectivity index (χ4n) is 4.06. The van der Waals surface area contributed by atoms with E-state index in [0.717, 1.165) is 19.3 Å². The fourth-order valence-corrected chi connectivity index (χ4v) is 4.06. The van der Waals surface area contributed by atoms with Crippen LogP contribution in [0.3, 0.4) is 0 Å². The van der Waals surface area contributed by atoms with Gasteiger partial charge in [0.15, 0.2) is 0 Å². The van der Waals surface area contributed by atoms with Crippen LogP contribution in [0.15, 0.2) is 29.3 Å². The minimum Gasteiger partial charge on any atom is -0.497 e. The summed E-state index contributed by atoms with van der Waals surface area (Å²) in [6.07, 6.45) is 9.93. The zero-order chi connectivity index (χ0) is 27.5. The Morgan fingerprint density at radius 3 is 1.95 bits per heavy atom. The molecule has 0 aliphatic carbocycles. The Morgan fingerprint density at radius 2 is 1.41 bits per heavy atom. The van der Waals surface area contributed by atoms with Crippen molar-refractivity contribution in [1.82, 2.24) is 5.32 Å². The van der Waals surface area contributed by atoms with Crippen LogP contribution in [-0.4, -0.2) is 50.0 Å². The molecule has 0 unspecified atom stereocenters. The lowest BCUT2D eigenvalue weighted by atomic mass is 9.91. The van der Waals surface area contributed by atoms with Crippen LogP contribution in [0.25, 0.3) is 0 Å². The maximum atomic E-state index is 12.9. The summed E-state index contributed by atoms with van der Waals surface area (Å²) in [6.45, 7) is 7.69. The van der Waals surface area contributed by atoms with Crippen LogP contribution < -0.4 is 10.1 Å². The summed E-state index contributed by atoms with van der Waals surface area (Å²) in [5.41, 5.74) is 0.936. The van der Waals surface area contributed by atoms with Crippen LogP contribution in [0.1, 0.15) is 97.5 Å². The molecule has 208 valence electrons. The molecule has 8 nitrogen and oxygen atoms in total. The Labute approximate surface area is 222 Å². The van der Waals surface area contributed by atoms with E-state index >= 15 is 0 Å². The van der Waals surface area contributed by atoms with Gasteiger partial charge >= 0.3 is 12.1 Å². The first-order chi connectivity index (χ1) is 17.9. The zero-order valence-corrected chi connectivity index (χ0v) is 23.3. The number of amides is 2. The van der Waals surface area contributed by atoms with Gasteiger partial charge in [0.2, 0.25) is 5.91 Å². The third-order valence-electron chi connectivity index (χ3n) is 6.16. The molecule has 0 bridgehead atoms. The lowest BCUT2D eigenvalue weighted by Gasteiger charge is -2.25. The minimum atomic E-state index is -0.999. The first-order valence-corrected chi connectivity index (χ1v) is 13.7. The Hall–Kier alpha value is -2.90. The molecular weight excluding hydrogens is 472 g/mol. The number of hydrogen-bond acceptors (Lipinski definition) is 6. The lowest BCUT2D eigenvalue weighted by molar-refractivity contribution is -0.148. The minimum absolute atomic E-state index is 0.170. The van der Waals surface area contributed by atoms with E-state index in [0.29, 0.717) is 23.4 Å². The van der Waals surface area contributed by atoms with Crippen molar-refractivity contribution in [2.24, 2.45) is 10.9 Å². The number of nitrogens with zero attached hydrogens (tertiary/aromatic N) is 1. The van der Waals surface area contributed by atoms with Crippen LogP contribution in [-0.2, 0) is 19.1 Å². The number of benzene rings is 1. The number of ether oxygens (including phenoxy) is 3. The molecule has 0 aliphatic heterocycles. The summed E-state index contributed by atoms with van der Waals surface area (Å²) < 4.78 is 15.5. The quantitative estimate of drug-likeness (QED) is 0.140. The SMILES string of the molecule is CCCCCCCCCCCC(=O)N[C@@H](C(=O)OCC)[C@@H](C)/C(=N/C(=O)OCC)c1ccc(OC)cc1. The summed E-state index contributed by atoms with van der Waals surface area (Å²) >= 11 is 0. The summed E-state index contributed by atoms with van der Waals surface area (Å²) in [6, 6.07) is 5.98. The Kier molecular flexibility index (Phi) is 16.7. The van der Waals surface area contributed by atoms with Crippen molar-refractivity contribution in [2.75, 3.05) is 20.3 Å². The molecule has 2 atom stereocenters. The van der Waals surface area contributed by atoms with Gasteiger partial charge in [0.05, 0.1) is 26.0 Å². The topological polar surface area (TPSA) is 103 Å². The molecule has 0 fully saturated rings.